The number of nitrogens with zero attached hydrogens (tertiary/aromatic N) is 5. The number of hydrogen-bond donors (Lipinski definition) is 1. The molecule has 0 spiro atoms. The molecular weight excluding hydrogens is 328 g/mol. The van der Waals surface area contributed by atoms with Crippen molar-refractivity contribution in [3.05, 3.63) is 35.5 Å². The zero-order chi connectivity index (χ0) is 18.7. The maximum Gasteiger partial charge on any atom is 0.228 e. The van der Waals surface area contributed by atoms with Gasteiger partial charge in [0.25, 0.3) is 0 Å². The number of likely N-dealkylation sites (tertiary alicyclic amines) is 1. The molecule has 3 rings (SSSR count). The monoisotopic (exact) mass is 354 g/mol. The highest BCUT2D eigenvalue weighted by atomic mass is 16.2. The van der Waals surface area contributed by atoms with Crippen molar-refractivity contribution in [3.8, 4) is 0 Å². The van der Waals surface area contributed by atoms with Crippen LogP contribution in [0.2, 0.25) is 0 Å². The van der Waals surface area contributed by atoms with Crippen LogP contribution in [0.25, 0.3) is 0 Å². The Kier molecular flexibility index (Phi) is 5.44. The Morgan fingerprint density at radius 1 is 1.12 bits per heavy atom. The van der Waals surface area contributed by atoms with Gasteiger partial charge in [-0.05, 0) is 32.8 Å². The molecule has 7 nitrogen and oxygen atoms in total. The lowest BCUT2D eigenvalue weighted by molar-refractivity contribution is -0.135. The average Bonchev–Trinajstić information content (AvgIpc) is 2.60. The van der Waals surface area contributed by atoms with Gasteiger partial charge in [-0.25, -0.2) is 15.0 Å². The van der Waals surface area contributed by atoms with Crippen molar-refractivity contribution in [3.63, 3.8) is 0 Å². The Morgan fingerprint density at radius 2 is 1.77 bits per heavy atom. The molecule has 1 aliphatic heterocycles. The van der Waals surface area contributed by atoms with Gasteiger partial charge in [-0.15, -0.1) is 0 Å². The summed E-state index contributed by atoms with van der Waals surface area (Å²) in [6.45, 7) is 9.33. The minimum absolute atomic E-state index is 0.0525. The van der Waals surface area contributed by atoms with Gasteiger partial charge in [0.05, 0.1) is 11.9 Å². The zero-order valence-corrected chi connectivity index (χ0v) is 15.9. The summed E-state index contributed by atoms with van der Waals surface area (Å²) in [4.78, 5) is 31.9. The molecule has 0 saturated carbocycles. The topological polar surface area (TPSA) is 83.9 Å². The van der Waals surface area contributed by atoms with E-state index in [1.807, 2.05) is 44.9 Å². The summed E-state index contributed by atoms with van der Waals surface area (Å²) in [5.41, 5.74) is 2.77. The van der Waals surface area contributed by atoms with E-state index in [9.17, 15) is 4.79 Å². The first-order valence-electron chi connectivity index (χ1n) is 9.12. The predicted octanol–water partition coefficient (Wildman–Crippen LogP) is 2.99. The summed E-state index contributed by atoms with van der Waals surface area (Å²) in [5.74, 6) is 1.79. The molecule has 0 aliphatic carbocycles. The van der Waals surface area contributed by atoms with Gasteiger partial charge in [-0.3, -0.25) is 9.78 Å². The van der Waals surface area contributed by atoms with E-state index in [4.69, 9.17) is 4.98 Å². The average molecular weight is 354 g/mol. The van der Waals surface area contributed by atoms with Gasteiger partial charge in [0.2, 0.25) is 11.9 Å². The molecule has 138 valence electrons. The van der Waals surface area contributed by atoms with E-state index in [2.05, 4.69) is 20.3 Å². The fraction of sp³-hybridized carbons (Fsp3) is 0.526. The lowest BCUT2D eigenvalue weighted by Gasteiger charge is -2.32. The Hall–Kier alpha value is -2.57. The first-order chi connectivity index (χ1) is 12.4. The third-order valence-corrected chi connectivity index (χ3v) is 4.59. The smallest absolute Gasteiger partial charge is 0.228 e. The Morgan fingerprint density at radius 3 is 2.38 bits per heavy atom. The lowest BCUT2D eigenvalue weighted by Crippen LogP contribution is -2.40. The number of nitrogens with one attached hydrogen (secondary N) is 1. The molecule has 0 unspecified atom stereocenters. The summed E-state index contributed by atoms with van der Waals surface area (Å²) in [6, 6.07) is 1.93. The number of anilines is 2. The number of carbonyl (C=O) groups excluding carboxylic acids is 1. The number of piperidine rings is 1. The number of carbonyl (C=O) groups is 1. The van der Waals surface area contributed by atoms with Gasteiger partial charge >= 0.3 is 0 Å². The number of aryl methyl sites for hydroxylation is 2. The molecule has 1 saturated heterocycles. The minimum atomic E-state index is 0.0525. The van der Waals surface area contributed by atoms with E-state index in [1.54, 1.807) is 6.20 Å². The van der Waals surface area contributed by atoms with E-state index >= 15 is 0 Å². The van der Waals surface area contributed by atoms with Crippen LogP contribution >= 0.6 is 0 Å². The Balaban J connectivity index is 1.67. The fourth-order valence-corrected chi connectivity index (χ4v) is 3.30. The van der Waals surface area contributed by atoms with Gasteiger partial charge in [-0.2, -0.15) is 0 Å². The van der Waals surface area contributed by atoms with Gasteiger partial charge in [0.15, 0.2) is 5.82 Å². The van der Waals surface area contributed by atoms with Crippen molar-refractivity contribution in [2.24, 2.45) is 5.92 Å². The zero-order valence-electron chi connectivity index (χ0n) is 15.9. The van der Waals surface area contributed by atoms with Crippen LogP contribution in [0.5, 0.6) is 0 Å². The van der Waals surface area contributed by atoms with E-state index in [-0.39, 0.29) is 11.8 Å². The highest BCUT2D eigenvalue weighted by molar-refractivity contribution is 5.78. The van der Waals surface area contributed by atoms with Crippen LogP contribution in [0, 0.1) is 19.8 Å². The molecule has 0 aromatic carbocycles. The second-order valence-corrected chi connectivity index (χ2v) is 7.18. The van der Waals surface area contributed by atoms with E-state index < -0.39 is 0 Å². The number of rotatable bonds is 4. The highest BCUT2D eigenvalue weighted by Gasteiger charge is 2.26. The van der Waals surface area contributed by atoms with Crippen molar-refractivity contribution in [1.82, 2.24) is 24.8 Å². The molecule has 0 bridgehead atoms. The maximum absolute atomic E-state index is 12.1. The number of amides is 1. The molecule has 1 N–H and O–H groups in total. The van der Waals surface area contributed by atoms with Crippen molar-refractivity contribution < 1.29 is 4.79 Å². The molecule has 2 aromatic rings. The normalized spacial score (nSPS) is 15.3. The molecule has 3 heterocycles. The SMILES string of the molecule is Cc1cc(C)nc(Nc2cncc(C3CCN(C(=O)C(C)C)CC3)n2)n1. The molecule has 26 heavy (non-hydrogen) atoms. The number of hydrogen-bond acceptors (Lipinski definition) is 6. The minimum Gasteiger partial charge on any atom is -0.342 e. The third-order valence-electron chi connectivity index (χ3n) is 4.59. The summed E-state index contributed by atoms with van der Waals surface area (Å²) in [5, 5.41) is 3.15. The van der Waals surface area contributed by atoms with Crippen molar-refractivity contribution in [1.29, 1.82) is 0 Å². The molecule has 0 radical (unpaired) electrons. The molecule has 1 fully saturated rings. The Labute approximate surface area is 154 Å². The van der Waals surface area contributed by atoms with Gasteiger partial charge in [-0.1, -0.05) is 13.8 Å². The van der Waals surface area contributed by atoms with Crippen LogP contribution in [0.3, 0.4) is 0 Å². The quantitative estimate of drug-likeness (QED) is 0.909. The molecule has 1 amide bonds. The summed E-state index contributed by atoms with van der Waals surface area (Å²) in [6.07, 6.45) is 5.33. The summed E-state index contributed by atoms with van der Waals surface area (Å²) < 4.78 is 0. The molecule has 2 aromatic heterocycles. The molecule has 7 heteroatoms. The van der Waals surface area contributed by atoms with Crippen molar-refractivity contribution in [2.75, 3.05) is 18.4 Å². The first-order valence-corrected chi connectivity index (χ1v) is 9.12. The highest BCUT2D eigenvalue weighted by Crippen LogP contribution is 2.27. The second kappa shape index (κ2) is 7.76. The van der Waals surface area contributed by atoms with Crippen LogP contribution < -0.4 is 5.32 Å². The van der Waals surface area contributed by atoms with Crippen molar-refractivity contribution in [2.45, 2.75) is 46.5 Å². The van der Waals surface area contributed by atoms with Gasteiger partial charge < -0.3 is 10.2 Å². The maximum atomic E-state index is 12.1. The van der Waals surface area contributed by atoms with Crippen LogP contribution in [0.15, 0.2) is 18.5 Å². The second-order valence-electron chi connectivity index (χ2n) is 7.18. The van der Waals surface area contributed by atoms with Crippen LogP contribution in [0.1, 0.15) is 49.7 Å². The third kappa shape index (κ3) is 4.33. The predicted molar refractivity (Wildman–Crippen MR) is 100 cm³/mol. The summed E-state index contributed by atoms with van der Waals surface area (Å²) in [7, 11) is 0. The Bertz CT molecular complexity index is 763. The molecular formula is C19H26N6O. The largest absolute Gasteiger partial charge is 0.342 e. The standard InChI is InChI=1S/C19H26N6O/c1-12(2)18(26)25-7-5-15(6-8-25)16-10-20-11-17(23-16)24-19-21-13(3)9-14(4)22-19/h9-12,15H,5-8H2,1-4H3,(H,21,22,23,24). The molecule has 1 aliphatic rings. The van der Waals surface area contributed by atoms with Crippen LogP contribution in [-0.4, -0.2) is 43.8 Å². The lowest BCUT2D eigenvalue weighted by atomic mass is 9.93. The summed E-state index contributed by atoms with van der Waals surface area (Å²) >= 11 is 0. The van der Waals surface area contributed by atoms with Crippen LogP contribution in [-0.2, 0) is 4.79 Å². The van der Waals surface area contributed by atoms with E-state index in [0.717, 1.165) is 43.0 Å². The first kappa shape index (κ1) is 18.2. The van der Waals surface area contributed by atoms with Crippen molar-refractivity contribution >= 4 is 17.7 Å². The van der Waals surface area contributed by atoms with E-state index in [0.29, 0.717) is 17.7 Å². The van der Waals surface area contributed by atoms with Gasteiger partial charge in [0.1, 0.15) is 0 Å². The molecule has 0 atom stereocenters. The van der Waals surface area contributed by atoms with Crippen LogP contribution in [0.4, 0.5) is 11.8 Å². The van der Waals surface area contributed by atoms with Gasteiger partial charge in [0, 0.05) is 42.5 Å². The fourth-order valence-electron chi connectivity index (χ4n) is 3.30. The van der Waals surface area contributed by atoms with E-state index in [1.165, 1.54) is 0 Å². The number of aromatic nitrogens is 4.